The van der Waals surface area contributed by atoms with Crippen LogP contribution in [0, 0.1) is 6.92 Å². The van der Waals surface area contributed by atoms with E-state index in [1.165, 1.54) is 0 Å². The second-order valence-electron chi connectivity index (χ2n) is 5.14. The van der Waals surface area contributed by atoms with E-state index in [0.29, 0.717) is 6.54 Å². The Hall–Kier alpha value is -2.95. The molecule has 118 valence electrons. The third-order valence-corrected chi connectivity index (χ3v) is 3.13. The molecule has 0 spiro atoms. The molecule has 0 unspecified atom stereocenters. The first-order valence-electron chi connectivity index (χ1n) is 7.32. The molecule has 2 amide bonds. The molecule has 0 bridgehead atoms. The van der Waals surface area contributed by atoms with Crippen molar-refractivity contribution in [1.82, 2.24) is 10.7 Å². The van der Waals surface area contributed by atoms with Gasteiger partial charge in [0.05, 0.1) is 6.21 Å². The van der Waals surface area contributed by atoms with Crippen molar-refractivity contribution in [3.63, 3.8) is 0 Å². The number of rotatable bonds is 6. The van der Waals surface area contributed by atoms with Crippen LogP contribution in [0.1, 0.15) is 23.1 Å². The van der Waals surface area contributed by atoms with Crippen LogP contribution in [-0.4, -0.2) is 18.0 Å². The fourth-order valence-electron chi connectivity index (χ4n) is 1.88. The molecule has 2 rings (SSSR count). The monoisotopic (exact) mass is 309 g/mol. The fourth-order valence-corrected chi connectivity index (χ4v) is 1.88. The first-order valence-corrected chi connectivity index (χ1v) is 7.32. The number of amides is 2. The Morgan fingerprint density at radius 1 is 1.00 bits per heavy atom. The minimum Gasteiger partial charge on any atom is -0.352 e. The first-order chi connectivity index (χ1) is 11.1. The molecule has 0 aliphatic carbocycles. The first kappa shape index (κ1) is 16.4. The Morgan fingerprint density at radius 2 is 1.70 bits per heavy atom. The maximum atomic E-state index is 11.7. The summed E-state index contributed by atoms with van der Waals surface area (Å²) < 4.78 is 0. The van der Waals surface area contributed by atoms with Crippen LogP contribution in [0.2, 0.25) is 0 Å². The van der Waals surface area contributed by atoms with Crippen molar-refractivity contribution in [3.8, 4) is 0 Å². The van der Waals surface area contributed by atoms with E-state index < -0.39 is 5.91 Å². The minimum atomic E-state index is -0.445. The van der Waals surface area contributed by atoms with Crippen LogP contribution in [0.5, 0.6) is 0 Å². The summed E-state index contributed by atoms with van der Waals surface area (Å²) in [6, 6.07) is 17.2. The summed E-state index contributed by atoms with van der Waals surface area (Å²) in [5.74, 6) is -0.782. The average Bonchev–Trinajstić information content (AvgIpc) is 2.56. The molecule has 2 aromatic carbocycles. The zero-order chi connectivity index (χ0) is 16.5. The molecule has 0 aromatic heterocycles. The second-order valence-corrected chi connectivity index (χ2v) is 5.14. The Balaban J connectivity index is 1.71. The number of benzene rings is 2. The van der Waals surface area contributed by atoms with E-state index in [0.717, 1.165) is 16.7 Å². The smallest absolute Gasteiger partial charge is 0.249 e. The van der Waals surface area contributed by atoms with E-state index in [1.807, 2.05) is 61.5 Å². The third kappa shape index (κ3) is 6.13. The lowest BCUT2D eigenvalue weighted by atomic mass is 10.2. The highest BCUT2D eigenvalue weighted by Gasteiger charge is 2.07. The standard InChI is InChI=1S/C18H19N3O2/c1-14-7-9-16(10-8-14)13-20-21-18(23)11-17(22)19-12-15-5-3-2-4-6-15/h2-10,13H,11-12H2,1H3,(H,19,22)(H,21,23)/b20-13+. The third-order valence-electron chi connectivity index (χ3n) is 3.13. The van der Waals surface area contributed by atoms with Crippen molar-refractivity contribution in [1.29, 1.82) is 0 Å². The molecule has 0 fully saturated rings. The van der Waals surface area contributed by atoms with Gasteiger partial charge in [0.1, 0.15) is 6.42 Å². The van der Waals surface area contributed by atoms with Crippen molar-refractivity contribution in [2.75, 3.05) is 0 Å². The maximum absolute atomic E-state index is 11.7. The van der Waals surface area contributed by atoms with Crippen LogP contribution >= 0.6 is 0 Å². The van der Waals surface area contributed by atoms with Crippen molar-refractivity contribution in [2.45, 2.75) is 19.9 Å². The van der Waals surface area contributed by atoms with Crippen LogP contribution in [0.25, 0.3) is 0 Å². The molecule has 0 heterocycles. The summed E-state index contributed by atoms with van der Waals surface area (Å²) in [6.07, 6.45) is 1.29. The lowest BCUT2D eigenvalue weighted by Crippen LogP contribution is -2.29. The summed E-state index contributed by atoms with van der Waals surface area (Å²) >= 11 is 0. The van der Waals surface area contributed by atoms with Gasteiger partial charge in [-0.1, -0.05) is 60.2 Å². The average molecular weight is 309 g/mol. The minimum absolute atomic E-state index is 0.252. The lowest BCUT2D eigenvalue weighted by Gasteiger charge is -2.04. The number of nitrogens with zero attached hydrogens (tertiary/aromatic N) is 1. The number of hydrazone groups is 1. The van der Waals surface area contributed by atoms with Gasteiger partial charge in [-0.15, -0.1) is 0 Å². The molecule has 0 saturated carbocycles. The molecule has 5 heteroatoms. The predicted octanol–water partition coefficient (Wildman–Crippen LogP) is 2.15. The van der Waals surface area contributed by atoms with Gasteiger partial charge in [0.25, 0.3) is 0 Å². The molecular formula is C18H19N3O2. The number of hydrogen-bond acceptors (Lipinski definition) is 3. The highest BCUT2D eigenvalue weighted by molar-refractivity contribution is 5.97. The van der Waals surface area contributed by atoms with Gasteiger partial charge in [-0.2, -0.15) is 5.10 Å². The zero-order valence-corrected chi connectivity index (χ0v) is 13.0. The summed E-state index contributed by atoms with van der Waals surface area (Å²) in [4.78, 5) is 23.3. The van der Waals surface area contributed by atoms with Crippen molar-refractivity contribution in [2.24, 2.45) is 5.10 Å². The van der Waals surface area contributed by atoms with Gasteiger partial charge in [-0.25, -0.2) is 5.43 Å². The normalized spacial score (nSPS) is 10.5. The molecular weight excluding hydrogens is 290 g/mol. The van der Waals surface area contributed by atoms with Crippen LogP contribution in [0.15, 0.2) is 59.7 Å². The molecule has 2 aromatic rings. The molecule has 23 heavy (non-hydrogen) atoms. The van der Waals surface area contributed by atoms with E-state index in [1.54, 1.807) is 6.21 Å². The van der Waals surface area contributed by atoms with Crippen molar-refractivity contribution < 1.29 is 9.59 Å². The highest BCUT2D eigenvalue weighted by Crippen LogP contribution is 2.00. The molecule has 0 aliphatic rings. The molecule has 0 aliphatic heterocycles. The maximum Gasteiger partial charge on any atom is 0.249 e. The Labute approximate surface area is 135 Å². The number of carbonyl (C=O) groups excluding carboxylic acids is 2. The van der Waals surface area contributed by atoms with Crippen LogP contribution in [0.3, 0.4) is 0 Å². The summed E-state index contributed by atoms with van der Waals surface area (Å²) in [7, 11) is 0. The highest BCUT2D eigenvalue weighted by atomic mass is 16.2. The largest absolute Gasteiger partial charge is 0.352 e. The quantitative estimate of drug-likeness (QED) is 0.487. The van der Waals surface area contributed by atoms with Gasteiger partial charge in [-0.3, -0.25) is 9.59 Å². The molecule has 2 N–H and O–H groups in total. The van der Waals surface area contributed by atoms with E-state index in [2.05, 4.69) is 15.8 Å². The van der Waals surface area contributed by atoms with Gasteiger partial charge >= 0.3 is 0 Å². The summed E-state index contributed by atoms with van der Waals surface area (Å²) in [5, 5.41) is 6.53. The topological polar surface area (TPSA) is 70.6 Å². The summed E-state index contributed by atoms with van der Waals surface area (Å²) in [6.45, 7) is 2.40. The second kappa shape index (κ2) is 8.48. The number of aryl methyl sites for hydroxylation is 1. The van der Waals surface area contributed by atoms with Crippen molar-refractivity contribution in [3.05, 3.63) is 71.3 Å². The molecule has 5 nitrogen and oxygen atoms in total. The van der Waals surface area contributed by atoms with E-state index in [-0.39, 0.29) is 12.3 Å². The fraction of sp³-hybridized carbons (Fsp3) is 0.167. The van der Waals surface area contributed by atoms with E-state index in [9.17, 15) is 9.59 Å². The van der Waals surface area contributed by atoms with Crippen molar-refractivity contribution >= 4 is 18.0 Å². The predicted molar refractivity (Wildman–Crippen MR) is 89.8 cm³/mol. The SMILES string of the molecule is Cc1ccc(/C=N/NC(=O)CC(=O)NCc2ccccc2)cc1. The Bertz CT molecular complexity index is 679. The van der Waals surface area contributed by atoms with Crippen LogP contribution in [0.4, 0.5) is 0 Å². The van der Waals surface area contributed by atoms with Gasteiger partial charge < -0.3 is 5.32 Å². The molecule has 0 radical (unpaired) electrons. The van der Waals surface area contributed by atoms with Gasteiger partial charge in [0.15, 0.2) is 0 Å². The Morgan fingerprint density at radius 3 is 2.39 bits per heavy atom. The summed E-state index contributed by atoms with van der Waals surface area (Å²) in [5.41, 5.74) is 5.36. The number of nitrogens with one attached hydrogen (secondary N) is 2. The van der Waals surface area contributed by atoms with Gasteiger partial charge in [0.2, 0.25) is 11.8 Å². The van der Waals surface area contributed by atoms with Gasteiger partial charge in [0, 0.05) is 6.54 Å². The zero-order valence-electron chi connectivity index (χ0n) is 13.0. The number of carbonyl (C=O) groups is 2. The molecule has 0 atom stereocenters. The lowest BCUT2D eigenvalue weighted by molar-refractivity contribution is -0.129. The van der Waals surface area contributed by atoms with Crippen LogP contribution < -0.4 is 10.7 Å². The van der Waals surface area contributed by atoms with Gasteiger partial charge in [-0.05, 0) is 18.1 Å². The van der Waals surface area contributed by atoms with E-state index in [4.69, 9.17) is 0 Å². The molecule has 0 saturated heterocycles. The van der Waals surface area contributed by atoms with Crippen LogP contribution in [-0.2, 0) is 16.1 Å². The Kier molecular flexibility index (Phi) is 6.06. The number of hydrogen-bond donors (Lipinski definition) is 2. The van der Waals surface area contributed by atoms with E-state index >= 15 is 0 Å².